The number of hydrogen-bond acceptors (Lipinski definition) is 2. The maximum Gasteiger partial charge on any atom is 0.224 e. The first-order valence-electron chi connectivity index (χ1n) is 6.65. The Bertz CT molecular complexity index is 624. The number of nitrogens with one attached hydrogen (secondary N) is 2. The lowest BCUT2D eigenvalue weighted by Gasteiger charge is -2.10. The quantitative estimate of drug-likeness (QED) is 0.817. The molecule has 110 valence electrons. The van der Waals surface area contributed by atoms with Crippen molar-refractivity contribution in [1.82, 2.24) is 0 Å². The third-order valence-electron chi connectivity index (χ3n) is 2.89. The van der Waals surface area contributed by atoms with Crippen molar-refractivity contribution in [3.05, 3.63) is 58.1 Å². The van der Waals surface area contributed by atoms with Crippen LogP contribution in [-0.2, 0) is 11.3 Å². The van der Waals surface area contributed by atoms with Crippen molar-refractivity contribution in [3.63, 3.8) is 0 Å². The highest BCUT2D eigenvalue weighted by atomic mass is 35.5. The zero-order valence-electron chi connectivity index (χ0n) is 11.6. The molecule has 0 unspecified atom stereocenters. The number of rotatable bonds is 5. The van der Waals surface area contributed by atoms with E-state index >= 15 is 0 Å². The van der Waals surface area contributed by atoms with Crippen LogP contribution in [0.15, 0.2) is 42.5 Å². The van der Waals surface area contributed by atoms with Gasteiger partial charge in [-0.25, -0.2) is 0 Å². The normalized spacial score (nSPS) is 10.2. The summed E-state index contributed by atoms with van der Waals surface area (Å²) in [5, 5.41) is 7.33. The number of carbonyl (C=O) groups is 1. The van der Waals surface area contributed by atoms with Gasteiger partial charge in [-0.15, -0.1) is 0 Å². The molecule has 0 aliphatic heterocycles. The lowest BCUT2D eigenvalue weighted by atomic mass is 10.2. The van der Waals surface area contributed by atoms with Crippen LogP contribution in [-0.4, -0.2) is 5.91 Å². The van der Waals surface area contributed by atoms with E-state index in [1.54, 1.807) is 6.07 Å². The van der Waals surface area contributed by atoms with Crippen LogP contribution in [0.5, 0.6) is 0 Å². The molecular formula is C16H16Cl2N2O. The van der Waals surface area contributed by atoms with Gasteiger partial charge < -0.3 is 10.6 Å². The second kappa shape index (κ2) is 7.34. The van der Waals surface area contributed by atoms with Crippen molar-refractivity contribution in [2.45, 2.75) is 19.9 Å². The van der Waals surface area contributed by atoms with E-state index in [-0.39, 0.29) is 5.91 Å². The third kappa shape index (κ3) is 4.96. The number of benzene rings is 2. The van der Waals surface area contributed by atoms with E-state index in [9.17, 15) is 4.79 Å². The van der Waals surface area contributed by atoms with Crippen LogP contribution in [0, 0.1) is 0 Å². The molecular weight excluding hydrogens is 307 g/mol. The molecule has 5 heteroatoms. The minimum absolute atomic E-state index is 0.00577. The van der Waals surface area contributed by atoms with Gasteiger partial charge in [0.1, 0.15) is 0 Å². The van der Waals surface area contributed by atoms with Crippen LogP contribution < -0.4 is 10.6 Å². The fourth-order valence-electron chi connectivity index (χ4n) is 1.87. The van der Waals surface area contributed by atoms with Gasteiger partial charge in [0.15, 0.2) is 0 Å². The molecule has 0 saturated carbocycles. The van der Waals surface area contributed by atoms with Crippen molar-refractivity contribution in [1.29, 1.82) is 0 Å². The van der Waals surface area contributed by atoms with Crippen LogP contribution in [0.25, 0.3) is 0 Å². The predicted octanol–water partition coefficient (Wildman–Crippen LogP) is 4.95. The highest BCUT2D eigenvalue weighted by Crippen LogP contribution is 2.21. The summed E-state index contributed by atoms with van der Waals surface area (Å²) in [4.78, 5) is 11.4. The summed E-state index contributed by atoms with van der Waals surface area (Å²) < 4.78 is 0. The maximum absolute atomic E-state index is 11.4. The van der Waals surface area contributed by atoms with E-state index in [0.717, 1.165) is 16.9 Å². The Morgan fingerprint density at radius 1 is 1.05 bits per heavy atom. The Hall–Kier alpha value is -1.71. The molecule has 2 aromatic rings. The Morgan fingerprint density at radius 3 is 2.38 bits per heavy atom. The molecule has 0 fully saturated rings. The third-order valence-corrected chi connectivity index (χ3v) is 3.32. The minimum Gasteiger partial charge on any atom is -0.381 e. The summed E-state index contributed by atoms with van der Waals surface area (Å²) in [5.41, 5.74) is 2.69. The second-order valence-electron chi connectivity index (χ2n) is 4.61. The van der Waals surface area contributed by atoms with Crippen LogP contribution in [0.1, 0.15) is 18.9 Å². The largest absolute Gasteiger partial charge is 0.381 e. The minimum atomic E-state index is -0.00577. The molecule has 2 N–H and O–H groups in total. The van der Waals surface area contributed by atoms with Crippen LogP contribution in [0.3, 0.4) is 0 Å². The van der Waals surface area contributed by atoms with E-state index < -0.39 is 0 Å². The molecule has 2 aromatic carbocycles. The zero-order chi connectivity index (χ0) is 15.2. The van der Waals surface area contributed by atoms with Gasteiger partial charge in [-0.3, -0.25) is 4.79 Å². The number of anilines is 2. The molecule has 0 spiro atoms. The topological polar surface area (TPSA) is 41.1 Å². The highest BCUT2D eigenvalue weighted by Gasteiger charge is 2.01. The number of amides is 1. The molecule has 0 bridgehead atoms. The predicted molar refractivity (Wildman–Crippen MR) is 89.2 cm³/mol. The fourth-order valence-corrected chi connectivity index (χ4v) is 2.44. The average Bonchev–Trinajstić information content (AvgIpc) is 2.44. The molecule has 0 heterocycles. The Balaban J connectivity index is 2.02. The zero-order valence-corrected chi connectivity index (χ0v) is 13.1. The van der Waals surface area contributed by atoms with Crippen molar-refractivity contribution < 1.29 is 4.79 Å². The SMILES string of the molecule is CCC(=O)Nc1cccc(NCc2cc(Cl)cc(Cl)c2)c1. The van der Waals surface area contributed by atoms with Gasteiger partial charge in [-0.1, -0.05) is 36.2 Å². The lowest BCUT2D eigenvalue weighted by Crippen LogP contribution is -2.09. The Morgan fingerprint density at radius 2 is 1.71 bits per heavy atom. The Labute approximate surface area is 134 Å². The monoisotopic (exact) mass is 322 g/mol. The van der Waals surface area contributed by atoms with Gasteiger partial charge >= 0.3 is 0 Å². The molecule has 2 rings (SSSR count). The summed E-state index contributed by atoms with van der Waals surface area (Å²) in [6.45, 7) is 2.42. The van der Waals surface area contributed by atoms with Gasteiger partial charge in [0, 0.05) is 34.4 Å². The summed E-state index contributed by atoms with van der Waals surface area (Å²) in [6.07, 6.45) is 0.457. The molecule has 0 radical (unpaired) electrons. The van der Waals surface area contributed by atoms with E-state index in [1.807, 2.05) is 43.3 Å². The molecule has 0 aromatic heterocycles. The van der Waals surface area contributed by atoms with Gasteiger partial charge in [0.25, 0.3) is 0 Å². The van der Waals surface area contributed by atoms with Crippen molar-refractivity contribution in [3.8, 4) is 0 Å². The molecule has 0 saturated heterocycles. The number of hydrogen-bond donors (Lipinski definition) is 2. The smallest absolute Gasteiger partial charge is 0.224 e. The summed E-state index contributed by atoms with van der Waals surface area (Å²) >= 11 is 11.9. The van der Waals surface area contributed by atoms with E-state index in [0.29, 0.717) is 23.0 Å². The van der Waals surface area contributed by atoms with E-state index in [2.05, 4.69) is 10.6 Å². The maximum atomic E-state index is 11.4. The lowest BCUT2D eigenvalue weighted by molar-refractivity contribution is -0.115. The van der Waals surface area contributed by atoms with Crippen molar-refractivity contribution in [2.24, 2.45) is 0 Å². The van der Waals surface area contributed by atoms with Crippen LogP contribution in [0.4, 0.5) is 11.4 Å². The molecule has 0 aliphatic carbocycles. The van der Waals surface area contributed by atoms with Crippen LogP contribution in [0.2, 0.25) is 10.0 Å². The highest BCUT2D eigenvalue weighted by molar-refractivity contribution is 6.34. The molecule has 21 heavy (non-hydrogen) atoms. The molecule has 3 nitrogen and oxygen atoms in total. The number of halogens is 2. The Kier molecular flexibility index (Phi) is 5.48. The second-order valence-corrected chi connectivity index (χ2v) is 5.49. The summed E-state index contributed by atoms with van der Waals surface area (Å²) in [6, 6.07) is 13.0. The average molecular weight is 323 g/mol. The fraction of sp³-hybridized carbons (Fsp3) is 0.188. The van der Waals surface area contributed by atoms with Crippen molar-refractivity contribution in [2.75, 3.05) is 10.6 Å². The van der Waals surface area contributed by atoms with Crippen LogP contribution >= 0.6 is 23.2 Å². The van der Waals surface area contributed by atoms with E-state index in [1.165, 1.54) is 0 Å². The molecule has 1 amide bonds. The first-order valence-corrected chi connectivity index (χ1v) is 7.41. The molecule has 0 aliphatic rings. The van der Waals surface area contributed by atoms with Gasteiger partial charge in [-0.2, -0.15) is 0 Å². The van der Waals surface area contributed by atoms with Gasteiger partial charge in [0.05, 0.1) is 0 Å². The van der Waals surface area contributed by atoms with E-state index in [4.69, 9.17) is 23.2 Å². The van der Waals surface area contributed by atoms with Gasteiger partial charge in [0.2, 0.25) is 5.91 Å². The molecule has 0 atom stereocenters. The summed E-state index contributed by atoms with van der Waals surface area (Å²) in [7, 11) is 0. The number of carbonyl (C=O) groups excluding carboxylic acids is 1. The standard InChI is InChI=1S/C16H16Cl2N2O/c1-2-16(21)20-15-5-3-4-14(9-15)19-10-11-6-12(17)8-13(18)7-11/h3-9,19H,2,10H2,1H3,(H,20,21). The van der Waals surface area contributed by atoms with Gasteiger partial charge in [-0.05, 0) is 42.0 Å². The summed E-state index contributed by atoms with van der Waals surface area (Å²) in [5.74, 6) is -0.00577. The first kappa shape index (κ1) is 15.7. The first-order chi connectivity index (χ1) is 10.1. The van der Waals surface area contributed by atoms with Crippen molar-refractivity contribution >= 4 is 40.5 Å².